The van der Waals surface area contributed by atoms with Gasteiger partial charge in [-0.05, 0) is 31.0 Å². The quantitative estimate of drug-likeness (QED) is 0.738. The Balaban J connectivity index is 1.49. The van der Waals surface area contributed by atoms with Crippen LogP contribution in [-0.4, -0.2) is 54.3 Å². The van der Waals surface area contributed by atoms with Gasteiger partial charge in [-0.1, -0.05) is 42.5 Å². The van der Waals surface area contributed by atoms with Gasteiger partial charge in [-0.3, -0.25) is 14.5 Å². The topological polar surface area (TPSA) is 49.9 Å². The Morgan fingerprint density at radius 3 is 2.56 bits per heavy atom. The molecule has 0 aromatic heterocycles. The SMILES string of the molecule is CC(=O)c1cccc(OCC(=O)N2CCCN(Cc3ccccc3)CC2)c1. The first kappa shape index (κ1) is 19.1. The van der Waals surface area contributed by atoms with Crippen LogP contribution in [0.4, 0.5) is 0 Å². The second-order valence-corrected chi connectivity index (χ2v) is 6.87. The Morgan fingerprint density at radius 1 is 0.963 bits per heavy atom. The van der Waals surface area contributed by atoms with E-state index >= 15 is 0 Å². The lowest BCUT2D eigenvalue weighted by Crippen LogP contribution is -2.38. The third-order valence-electron chi connectivity index (χ3n) is 4.79. The van der Waals surface area contributed by atoms with Crippen LogP contribution >= 0.6 is 0 Å². The lowest BCUT2D eigenvalue weighted by atomic mass is 10.1. The average molecular weight is 366 g/mol. The van der Waals surface area contributed by atoms with E-state index in [-0.39, 0.29) is 18.3 Å². The van der Waals surface area contributed by atoms with Crippen molar-refractivity contribution in [3.8, 4) is 5.75 Å². The molecule has 1 amide bonds. The Morgan fingerprint density at radius 2 is 1.78 bits per heavy atom. The molecule has 0 spiro atoms. The Labute approximate surface area is 160 Å². The second-order valence-electron chi connectivity index (χ2n) is 6.87. The molecule has 1 aliphatic rings. The molecule has 3 rings (SSSR count). The van der Waals surface area contributed by atoms with Gasteiger partial charge < -0.3 is 9.64 Å². The van der Waals surface area contributed by atoms with Gasteiger partial charge in [0.25, 0.3) is 5.91 Å². The molecule has 27 heavy (non-hydrogen) atoms. The highest BCUT2D eigenvalue weighted by molar-refractivity contribution is 5.94. The fourth-order valence-electron chi connectivity index (χ4n) is 3.26. The normalized spacial score (nSPS) is 15.2. The van der Waals surface area contributed by atoms with E-state index in [0.717, 1.165) is 32.6 Å². The molecule has 1 fully saturated rings. The molecule has 2 aromatic carbocycles. The van der Waals surface area contributed by atoms with Crippen LogP contribution in [0.1, 0.15) is 29.3 Å². The second kappa shape index (κ2) is 9.33. The first-order chi connectivity index (χ1) is 13.1. The number of carbonyl (C=O) groups is 2. The summed E-state index contributed by atoms with van der Waals surface area (Å²) in [5.74, 6) is 0.527. The van der Waals surface area contributed by atoms with Crippen molar-refractivity contribution in [1.82, 2.24) is 9.80 Å². The van der Waals surface area contributed by atoms with E-state index in [0.29, 0.717) is 17.9 Å². The van der Waals surface area contributed by atoms with Gasteiger partial charge in [0.05, 0.1) is 0 Å². The minimum Gasteiger partial charge on any atom is -0.484 e. The summed E-state index contributed by atoms with van der Waals surface area (Å²) in [5, 5.41) is 0. The summed E-state index contributed by atoms with van der Waals surface area (Å²) in [4.78, 5) is 28.2. The van der Waals surface area contributed by atoms with Crippen LogP contribution in [0.15, 0.2) is 54.6 Å². The van der Waals surface area contributed by atoms with Gasteiger partial charge in [-0.15, -0.1) is 0 Å². The molecule has 0 bridgehead atoms. The number of nitrogens with zero attached hydrogens (tertiary/aromatic N) is 2. The van der Waals surface area contributed by atoms with Crippen molar-refractivity contribution >= 4 is 11.7 Å². The maximum atomic E-state index is 12.5. The summed E-state index contributed by atoms with van der Waals surface area (Å²) in [6.07, 6.45) is 0.957. The van der Waals surface area contributed by atoms with E-state index in [1.807, 2.05) is 11.0 Å². The Bertz CT molecular complexity index is 776. The van der Waals surface area contributed by atoms with Crippen LogP contribution in [0.2, 0.25) is 0 Å². The molecule has 0 atom stereocenters. The van der Waals surface area contributed by atoms with Gasteiger partial charge >= 0.3 is 0 Å². The third kappa shape index (κ3) is 5.66. The van der Waals surface area contributed by atoms with E-state index in [2.05, 4.69) is 29.2 Å². The fourth-order valence-corrected chi connectivity index (χ4v) is 3.26. The zero-order chi connectivity index (χ0) is 19.1. The average Bonchev–Trinajstić information content (AvgIpc) is 2.93. The number of carbonyl (C=O) groups excluding carboxylic acids is 2. The maximum Gasteiger partial charge on any atom is 0.260 e. The van der Waals surface area contributed by atoms with Crippen LogP contribution in [0.25, 0.3) is 0 Å². The molecule has 0 unspecified atom stereocenters. The molecule has 1 heterocycles. The smallest absolute Gasteiger partial charge is 0.260 e. The van der Waals surface area contributed by atoms with Gasteiger partial charge in [-0.2, -0.15) is 0 Å². The number of benzene rings is 2. The minimum absolute atomic E-state index is 0.0000430. The number of hydrogen-bond acceptors (Lipinski definition) is 4. The zero-order valence-electron chi connectivity index (χ0n) is 15.8. The van der Waals surface area contributed by atoms with Gasteiger partial charge in [0, 0.05) is 38.3 Å². The minimum atomic E-state index is -0.0159. The molecule has 1 saturated heterocycles. The van der Waals surface area contributed by atoms with Crippen molar-refractivity contribution in [2.45, 2.75) is 19.9 Å². The number of ketones is 1. The first-order valence-electron chi connectivity index (χ1n) is 9.39. The largest absolute Gasteiger partial charge is 0.484 e. The monoisotopic (exact) mass is 366 g/mol. The number of rotatable bonds is 6. The highest BCUT2D eigenvalue weighted by atomic mass is 16.5. The van der Waals surface area contributed by atoms with Crippen molar-refractivity contribution in [3.63, 3.8) is 0 Å². The molecule has 0 radical (unpaired) electrons. The molecule has 1 aliphatic heterocycles. The van der Waals surface area contributed by atoms with Gasteiger partial charge in [0.2, 0.25) is 0 Å². The Kier molecular flexibility index (Phi) is 6.60. The molecule has 0 aliphatic carbocycles. The predicted molar refractivity (Wildman–Crippen MR) is 105 cm³/mol. The van der Waals surface area contributed by atoms with E-state index in [1.54, 1.807) is 24.3 Å². The molecule has 0 N–H and O–H groups in total. The predicted octanol–water partition coefficient (Wildman–Crippen LogP) is 3.00. The highest BCUT2D eigenvalue weighted by Gasteiger charge is 2.19. The molecule has 5 nitrogen and oxygen atoms in total. The molecular formula is C22H26N2O3. The third-order valence-corrected chi connectivity index (χ3v) is 4.79. The van der Waals surface area contributed by atoms with Gasteiger partial charge in [0.15, 0.2) is 12.4 Å². The Hall–Kier alpha value is -2.66. The number of ether oxygens (including phenoxy) is 1. The molecule has 142 valence electrons. The first-order valence-corrected chi connectivity index (χ1v) is 9.39. The summed E-state index contributed by atoms with van der Waals surface area (Å²) in [6, 6.07) is 17.4. The summed E-state index contributed by atoms with van der Waals surface area (Å²) in [6.45, 7) is 5.74. The van der Waals surface area contributed by atoms with Crippen molar-refractivity contribution in [3.05, 3.63) is 65.7 Å². The van der Waals surface area contributed by atoms with Crippen LogP contribution in [-0.2, 0) is 11.3 Å². The molecule has 5 heteroatoms. The summed E-state index contributed by atoms with van der Waals surface area (Å²) < 4.78 is 5.62. The lowest BCUT2D eigenvalue weighted by molar-refractivity contribution is -0.133. The van der Waals surface area contributed by atoms with E-state index in [9.17, 15) is 9.59 Å². The number of amides is 1. The van der Waals surface area contributed by atoms with Gasteiger partial charge in [-0.25, -0.2) is 0 Å². The van der Waals surface area contributed by atoms with E-state index in [4.69, 9.17) is 4.74 Å². The van der Waals surface area contributed by atoms with Crippen LogP contribution in [0.3, 0.4) is 0 Å². The highest BCUT2D eigenvalue weighted by Crippen LogP contribution is 2.14. The molecule has 2 aromatic rings. The zero-order valence-corrected chi connectivity index (χ0v) is 15.8. The standard InChI is InChI=1S/C22H26N2O3/c1-18(25)20-9-5-10-21(15-20)27-17-22(26)24-12-6-11-23(13-14-24)16-19-7-3-2-4-8-19/h2-5,7-10,15H,6,11-14,16-17H2,1H3. The number of Topliss-reactive ketones (excluding diaryl/α,β-unsaturated/α-hetero) is 1. The maximum absolute atomic E-state index is 12.5. The lowest BCUT2D eigenvalue weighted by Gasteiger charge is -2.22. The van der Waals surface area contributed by atoms with Crippen molar-refractivity contribution in [2.75, 3.05) is 32.8 Å². The fraction of sp³-hybridized carbons (Fsp3) is 0.364. The van der Waals surface area contributed by atoms with Crippen LogP contribution in [0.5, 0.6) is 5.75 Å². The molecule has 0 saturated carbocycles. The van der Waals surface area contributed by atoms with E-state index in [1.165, 1.54) is 12.5 Å². The number of hydrogen-bond donors (Lipinski definition) is 0. The molecular weight excluding hydrogens is 340 g/mol. The van der Waals surface area contributed by atoms with Crippen molar-refractivity contribution < 1.29 is 14.3 Å². The summed E-state index contributed by atoms with van der Waals surface area (Å²) >= 11 is 0. The summed E-state index contributed by atoms with van der Waals surface area (Å²) in [7, 11) is 0. The van der Waals surface area contributed by atoms with Crippen LogP contribution in [0, 0.1) is 0 Å². The summed E-state index contributed by atoms with van der Waals surface area (Å²) in [5.41, 5.74) is 1.89. The van der Waals surface area contributed by atoms with Crippen molar-refractivity contribution in [1.29, 1.82) is 0 Å². The van der Waals surface area contributed by atoms with Crippen molar-refractivity contribution in [2.24, 2.45) is 0 Å². The van der Waals surface area contributed by atoms with Gasteiger partial charge in [0.1, 0.15) is 5.75 Å². The van der Waals surface area contributed by atoms with Crippen LogP contribution < -0.4 is 4.74 Å². The van der Waals surface area contributed by atoms with E-state index < -0.39 is 0 Å².